The highest BCUT2D eigenvalue weighted by molar-refractivity contribution is 5.48. The Labute approximate surface area is 134 Å². The molecule has 2 rings (SSSR count). The fourth-order valence-corrected chi connectivity index (χ4v) is 2.69. The van der Waals surface area contributed by atoms with Crippen LogP contribution in [0.15, 0.2) is 42.6 Å². The van der Waals surface area contributed by atoms with Gasteiger partial charge in [-0.2, -0.15) is 0 Å². The quantitative estimate of drug-likeness (QED) is 0.652. The Bertz CT molecular complexity index is 548. The number of nitrogens with zero attached hydrogens (tertiary/aromatic N) is 1. The second kappa shape index (κ2) is 9.31. The summed E-state index contributed by atoms with van der Waals surface area (Å²) in [6.07, 6.45) is 8.70. The summed E-state index contributed by atoms with van der Waals surface area (Å²) >= 11 is 0. The summed E-state index contributed by atoms with van der Waals surface area (Å²) in [5.41, 5.74) is 2.35. The van der Waals surface area contributed by atoms with Crippen LogP contribution in [0.25, 0.3) is 5.69 Å². The first-order valence-corrected chi connectivity index (χ1v) is 8.37. The summed E-state index contributed by atoms with van der Waals surface area (Å²) in [4.78, 5) is 0. The van der Waals surface area contributed by atoms with Crippen molar-refractivity contribution in [3.63, 3.8) is 0 Å². The molecule has 3 heteroatoms. The zero-order valence-corrected chi connectivity index (χ0v) is 13.8. The molecule has 0 spiro atoms. The van der Waals surface area contributed by atoms with E-state index in [1.54, 1.807) is 7.11 Å². The van der Waals surface area contributed by atoms with Crippen LogP contribution in [0.1, 0.15) is 44.7 Å². The van der Waals surface area contributed by atoms with Gasteiger partial charge in [-0.25, -0.2) is 0 Å². The van der Waals surface area contributed by atoms with Crippen molar-refractivity contribution in [2.75, 3.05) is 13.7 Å². The second-order valence-electron chi connectivity index (χ2n) is 5.63. The molecule has 0 bridgehead atoms. The van der Waals surface area contributed by atoms with Crippen molar-refractivity contribution < 1.29 is 4.74 Å². The molecule has 0 atom stereocenters. The number of para-hydroxylation sites is 2. The number of methoxy groups -OCH3 is 1. The van der Waals surface area contributed by atoms with Crippen molar-refractivity contribution >= 4 is 0 Å². The third-order valence-electron chi connectivity index (χ3n) is 3.94. The fourth-order valence-electron chi connectivity index (χ4n) is 2.69. The Morgan fingerprint density at radius 1 is 1.00 bits per heavy atom. The van der Waals surface area contributed by atoms with Gasteiger partial charge in [0.15, 0.2) is 0 Å². The van der Waals surface area contributed by atoms with Crippen LogP contribution in [0.4, 0.5) is 0 Å². The maximum Gasteiger partial charge on any atom is 0.142 e. The number of ether oxygens (including phenoxy) is 1. The number of nitrogens with one attached hydrogen (secondary N) is 1. The molecule has 22 heavy (non-hydrogen) atoms. The van der Waals surface area contributed by atoms with E-state index < -0.39 is 0 Å². The van der Waals surface area contributed by atoms with E-state index in [0.717, 1.165) is 24.5 Å². The van der Waals surface area contributed by atoms with Crippen LogP contribution < -0.4 is 10.1 Å². The number of benzene rings is 1. The predicted molar refractivity (Wildman–Crippen MR) is 92.8 cm³/mol. The molecule has 0 aliphatic heterocycles. The first-order chi connectivity index (χ1) is 10.9. The van der Waals surface area contributed by atoms with Crippen LogP contribution in [-0.2, 0) is 6.54 Å². The molecule has 0 aliphatic rings. The van der Waals surface area contributed by atoms with Crippen molar-refractivity contribution in [3.8, 4) is 11.4 Å². The van der Waals surface area contributed by atoms with Gasteiger partial charge >= 0.3 is 0 Å². The van der Waals surface area contributed by atoms with Gasteiger partial charge in [-0.3, -0.25) is 0 Å². The molecule has 0 radical (unpaired) electrons. The smallest absolute Gasteiger partial charge is 0.142 e. The summed E-state index contributed by atoms with van der Waals surface area (Å²) in [5, 5.41) is 3.55. The summed E-state index contributed by atoms with van der Waals surface area (Å²) in [6, 6.07) is 12.4. The molecular weight excluding hydrogens is 272 g/mol. The Balaban J connectivity index is 1.87. The van der Waals surface area contributed by atoms with Crippen molar-refractivity contribution in [2.45, 2.75) is 45.6 Å². The van der Waals surface area contributed by atoms with Gasteiger partial charge < -0.3 is 14.6 Å². The van der Waals surface area contributed by atoms with Crippen LogP contribution in [0.2, 0.25) is 0 Å². The molecular formula is C19H28N2O. The van der Waals surface area contributed by atoms with Crippen molar-refractivity contribution in [1.82, 2.24) is 9.88 Å². The largest absolute Gasteiger partial charge is 0.495 e. The van der Waals surface area contributed by atoms with Gasteiger partial charge in [0.1, 0.15) is 5.75 Å². The van der Waals surface area contributed by atoms with E-state index in [4.69, 9.17) is 4.74 Å². The molecule has 1 heterocycles. The lowest BCUT2D eigenvalue weighted by molar-refractivity contribution is 0.412. The number of unbranched alkanes of at least 4 members (excludes halogenated alkanes) is 4. The van der Waals surface area contributed by atoms with Crippen LogP contribution >= 0.6 is 0 Å². The van der Waals surface area contributed by atoms with E-state index in [2.05, 4.69) is 41.2 Å². The van der Waals surface area contributed by atoms with E-state index in [-0.39, 0.29) is 0 Å². The molecule has 1 aromatic heterocycles. The maximum absolute atomic E-state index is 5.46. The molecule has 0 fully saturated rings. The molecule has 2 aromatic rings. The van der Waals surface area contributed by atoms with Crippen molar-refractivity contribution in [1.29, 1.82) is 0 Å². The molecule has 120 valence electrons. The highest BCUT2D eigenvalue weighted by atomic mass is 16.5. The number of rotatable bonds is 10. The Morgan fingerprint density at radius 3 is 2.64 bits per heavy atom. The van der Waals surface area contributed by atoms with E-state index in [9.17, 15) is 0 Å². The van der Waals surface area contributed by atoms with Crippen LogP contribution in [0.3, 0.4) is 0 Å². The molecule has 0 unspecified atom stereocenters. The first-order valence-electron chi connectivity index (χ1n) is 8.37. The van der Waals surface area contributed by atoms with Gasteiger partial charge in [-0.05, 0) is 37.2 Å². The maximum atomic E-state index is 5.46. The van der Waals surface area contributed by atoms with Gasteiger partial charge in [0.2, 0.25) is 0 Å². The molecule has 3 nitrogen and oxygen atoms in total. The number of aromatic nitrogens is 1. The summed E-state index contributed by atoms with van der Waals surface area (Å²) in [5.74, 6) is 0.902. The average Bonchev–Trinajstić information content (AvgIpc) is 3.02. The summed E-state index contributed by atoms with van der Waals surface area (Å²) < 4.78 is 7.66. The van der Waals surface area contributed by atoms with E-state index >= 15 is 0 Å². The van der Waals surface area contributed by atoms with E-state index in [1.165, 1.54) is 37.8 Å². The monoisotopic (exact) mass is 300 g/mol. The lowest BCUT2D eigenvalue weighted by atomic mass is 10.1. The highest BCUT2D eigenvalue weighted by Crippen LogP contribution is 2.23. The minimum Gasteiger partial charge on any atom is -0.495 e. The molecule has 0 amide bonds. The van der Waals surface area contributed by atoms with Crippen LogP contribution in [0.5, 0.6) is 5.75 Å². The second-order valence-corrected chi connectivity index (χ2v) is 5.63. The lowest BCUT2D eigenvalue weighted by Crippen LogP contribution is -2.17. The van der Waals surface area contributed by atoms with Crippen LogP contribution in [-0.4, -0.2) is 18.2 Å². The zero-order valence-electron chi connectivity index (χ0n) is 13.8. The highest BCUT2D eigenvalue weighted by Gasteiger charge is 2.07. The van der Waals surface area contributed by atoms with Gasteiger partial charge in [-0.1, -0.05) is 44.7 Å². The molecule has 0 aliphatic carbocycles. The van der Waals surface area contributed by atoms with E-state index in [1.807, 2.05) is 18.2 Å². The van der Waals surface area contributed by atoms with Crippen molar-refractivity contribution in [3.05, 3.63) is 48.3 Å². The standard InChI is InChI=1S/C19H28N2O/c1-3-4-5-6-9-14-20-16-17-11-10-15-21(17)18-12-7-8-13-19(18)22-2/h7-8,10-13,15,20H,3-6,9,14,16H2,1-2H3. The average molecular weight is 300 g/mol. The third kappa shape index (κ3) is 4.63. The third-order valence-corrected chi connectivity index (χ3v) is 3.94. The van der Waals surface area contributed by atoms with Crippen LogP contribution in [0, 0.1) is 0 Å². The van der Waals surface area contributed by atoms with Crippen molar-refractivity contribution in [2.24, 2.45) is 0 Å². The van der Waals surface area contributed by atoms with Gasteiger partial charge in [-0.15, -0.1) is 0 Å². The first kappa shape index (κ1) is 16.6. The Morgan fingerprint density at radius 2 is 1.82 bits per heavy atom. The Hall–Kier alpha value is -1.74. The number of hydrogen-bond donors (Lipinski definition) is 1. The van der Waals surface area contributed by atoms with Gasteiger partial charge in [0.05, 0.1) is 12.8 Å². The summed E-state index contributed by atoms with van der Waals surface area (Å²) in [7, 11) is 1.72. The van der Waals surface area contributed by atoms with Gasteiger partial charge in [0.25, 0.3) is 0 Å². The molecule has 1 N–H and O–H groups in total. The molecule has 0 saturated heterocycles. The van der Waals surface area contributed by atoms with Gasteiger partial charge in [0, 0.05) is 18.4 Å². The molecule has 0 saturated carbocycles. The topological polar surface area (TPSA) is 26.2 Å². The zero-order chi connectivity index (χ0) is 15.6. The minimum absolute atomic E-state index is 0.888. The summed E-state index contributed by atoms with van der Waals surface area (Å²) in [6.45, 7) is 4.23. The SMILES string of the molecule is CCCCCCCNCc1cccn1-c1ccccc1OC. The Kier molecular flexibility index (Phi) is 7.04. The number of hydrogen-bond acceptors (Lipinski definition) is 2. The predicted octanol–water partition coefficient (Wildman–Crippen LogP) is 4.55. The normalized spacial score (nSPS) is 10.8. The fraction of sp³-hybridized carbons (Fsp3) is 0.474. The van der Waals surface area contributed by atoms with E-state index in [0.29, 0.717) is 0 Å². The lowest BCUT2D eigenvalue weighted by Gasteiger charge is -2.13. The minimum atomic E-state index is 0.888. The molecule has 1 aromatic carbocycles.